The van der Waals surface area contributed by atoms with Crippen LogP contribution in [0, 0.1) is 0 Å². The predicted octanol–water partition coefficient (Wildman–Crippen LogP) is 0.853. The van der Waals surface area contributed by atoms with E-state index >= 15 is 0 Å². The van der Waals surface area contributed by atoms with E-state index in [9.17, 15) is 14.7 Å². The van der Waals surface area contributed by atoms with E-state index in [1.54, 1.807) is 13.3 Å². The van der Waals surface area contributed by atoms with Gasteiger partial charge in [-0.2, -0.15) is 0 Å². The maximum absolute atomic E-state index is 12.4. The Balaban J connectivity index is 2.25. The standard InChI is InChI=1S/C16H20N2O5/c1-16(22,15(20)21)10-17-14(19)12-9-18(7-8-23-2)13-6-4-3-5-11(12)13/h3-6,9,22H,7-8,10H2,1-2H3,(H,17,19)(H,20,21). The minimum Gasteiger partial charge on any atom is -0.479 e. The van der Waals surface area contributed by atoms with Crippen LogP contribution in [0.15, 0.2) is 30.5 Å². The predicted molar refractivity (Wildman–Crippen MR) is 84.4 cm³/mol. The number of methoxy groups -OCH3 is 1. The molecule has 0 bridgehead atoms. The number of hydrogen-bond acceptors (Lipinski definition) is 4. The first-order chi connectivity index (χ1) is 10.9. The lowest BCUT2D eigenvalue weighted by molar-refractivity contribution is -0.155. The van der Waals surface area contributed by atoms with Crippen LogP contribution in [0.1, 0.15) is 17.3 Å². The van der Waals surface area contributed by atoms with Gasteiger partial charge in [-0.15, -0.1) is 0 Å². The first kappa shape index (κ1) is 17.0. The minimum absolute atomic E-state index is 0.376. The molecule has 0 spiro atoms. The number of hydrogen-bond donors (Lipinski definition) is 3. The number of benzene rings is 1. The maximum Gasteiger partial charge on any atom is 0.337 e. The lowest BCUT2D eigenvalue weighted by Gasteiger charge is -2.18. The van der Waals surface area contributed by atoms with Crippen LogP contribution in [-0.4, -0.2) is 52.5 Å². The summed E-state index contributed by atoms with van der Waals surface area (Å²) in [6, 6.07) is 7.42. The molecule has 2 rings (SSSR count). The second kappa shape index (κ2) is 6.80. The van der Waals surface area contributed by atoms with Crippen LogP contribution in [0.5, 0.6) is 0 Å². The molecule has 7 nitrogen and oxygen atoms in total. The van der Waals surface area contributed by atoms with Crippen molar-refractivity contribution in [2.75, 3.05) is 20.3 Å². The summed E-state index contributed by atoms with van der Waals surface area (Å²) in [5.74, 6) is -1.82. The van der Waals surface area contributed by atoms with Crippen molar-refractivity contribution in [3.05, 3.63) is 36.0 Å². The van der Waals surface area contributed by atoms with E-state index in [2.05, 4.69) is 5.32 Å². The quantitative estimate of drug-likeness (QED) is 0.702. The largest absolute Gasteiger partial charge is 0.479 e. The summed E-state index contributed by atoms with van der Waals surface area (Å²) in [7, 11) is 1.60. The number of carbonyl (C=O) groups excluding carboxylic acids is 1. The average molecular weight is 320 g/mol. The van der Waals surface area contributed by atoms with E-state index in [1.807, 2.05) is 28.8 Å². The summed E-state index contributed by atoms with van der Waals surface area (Å²) in [4.78, 5) is 23.2. The topological polar surface area (TPSA) is 101 Å². The third-order valence-corrected chi connectivity index (χ3v) is 3.62. The summed E-state index contributed by atoms with van der Waals surface area (Å²) >= 11 is 0. The number of aliphatic hydroxyl groups is 1. The molecule has 0 aliphatic heterocycles. The fourth-order valence-corrected chi connectivity index (χ4v) is 2.23. The number of aliphatic carboxylic acids is 1. The van der Waals surface area contributed by atoms with Gasteiger partial charge in [-0.1, -0.05) is 18.2 Å². The minimum atomic E-state index is -2.01. The lowest BCUT2D eigenvalue weighted by Crippen LogP contribution is -2.46. The number of carboxylic acid groups (broad SMARTS) is 1. The van der Waals surface area contributed by atoms with E-state index in [-0.39, 0.29) is 6.54 Å². The summed E-state index contributed by atoms with van der Waals surface area (Å²) in [6.45, 7) is 1.86. The van der Waals surface area contributed by atoms with Crippen molar-refractivity contribution in [2.24, 2.45) is 0 Å². The van der Waals surface area contributed by atoms with Gasteiger partial charge in [0, 0.05) is 30.8 Å². The summed E-state index contributed by atoms with van der Waals surface area (Å²) < 4.78 is 6.97. The molecule has 7 heteroatoms. The number of ether oxygens (including phenoxy) is 1. The van der Waals surface area contributed by atoms with Gasteiger partial charge < -0.3 is 24.8 Å². The van der Waals surface area contributed by atoms with Crippen LogP contribution in [0.3, 0.4) is 0 Å². The van der Waals surface area contributed by atoms with Gasteiger partial charge in [0.25, 0.3) is 5.91 Å². The molecule has 1 atom stereocenters. The monoisotopic (exact) mass is 320 g/mol. The Bertz CT molecular complexity index is 720. The van der Waals surface area contributed by atoms with Gasteiger partial charge in [0.2, 0.25) is 0 Å². The van der Waals surface area contributed by atoms with E-state index in [4.69, 9.17) is 9.84 Å². The number of carbonyl (C=O) groups is 2. The molecule has 124 valence electrons. The van der Waals surface area contributed by atoms with Gasteiger partial charge in [-0.05, 0) is 13.0 Å². The Labute approximate surface area is 133 Å². The summed E-state index contributed by atoms with van der Waals surface area (Å²) in [5.41, 5.74) is -0.693. The van der Waals surface area contributed by atoms with Crippen LogP contribution >= 0.6 is 0 Å². The number of aromatic nitrogens is 1. The Morgan fingerprint density at radius 2 is 2.04 bits per heavy atom. The van der Waals surface area contributed by atoms with Gasteiger partial charge in [0.05, 0.1) is 18.7 Å². The molecular formula is C16H20N2O5. The zero-order chi connectivity index (χ0) is 17.0. The highest BCUT2D eigenvalue weighted by molar-refractivity contribution is 6.07. The highest BCUT2D eigenvalue weighted by atomic mass is 16.5. The van der Waals surface area contributed by atoms with Crippen molar-refractivity contribution in [1.82, 2.24) is 9.88 Å². The van der Waals surface area contributed by atoms with E-state index in [0.29, 0.717) is 18.7 Å². The molecule has 0 saturated heterocycles. The number of para-hydroxylation sites is 1. The molecule has 1 unspecified atom stereocenters. The Morgan fingerprint density at radius 1 is 1.35 bits per heavy atom. The van der Waals surface area contributed by atoms with Crippen LogP contribution in [0.2, 0.25) is 0 Å². The molecule has 1 aromatic carbocycles. The average Bonchev–Trinajstić information content (AvgIpc) is 2.89. The van der Waals surface area contributed by atoms with Gasteiger partial charge in [0.15, 0.2) is 5.60 Å². The van der Waals surface area contributed by atoms with Crippen LogP contribution < -0.4 is 5.32 Å². The van der Waals surface area contributed by atoms with Crippen molar-refractivity contribution < 1.29 is 24.5 Å². The fraction of sp³-hybridized carbons (Fsp3) is 0.375. The van der Waals surface area contributed by atoms with Gasteiger partial charge in [0.1, 0.15) is 0 Å². The van der Waals surface area contributed by atoms with Crippen LogP contribution in [0.25, 0.3) is 10.9 Å². The van der Waals surface area contributed by atoms with E-state index in [1.165, 1.54) is 0 Å². The van der Waals surface area contributed by atoms with E-state index in [0.717, 1.165) is 17.8 Å². The SMILES string of the molecule is COCCn1cc(C(=O)NCC(C)(O)C(=O)O)c2ccccc21. The van der Waals surface area contributed by atoms with Crippen LogP contribution in [0.4, 0.5) is 0 Å². The molecular weight excluding hydrogens is 300 g/mol. The number of nitrogens with zero attached hydrogens (tertiary/aromatic N) is 1. The first-order valence-electron chi connectivity index (χ1n) is 7.17. The molecule has 1 amide bonds. The Morgan fingerprint density at radius 3 is 2.70 bits per heavy atom. The third-order valence-electron chi connectivity index (χ3n) is 3.62. The number of nitrogens with one attached hydrogen (secondary N) is 1. The molecule has 0 saturated carbocycles. The highest BCUT2D eigenvalue weighted by Gasteiger charge is 2.30. The third kappa shape index (κ3) is 3.69. The molecule has 1 heterocycles. The van der Waals surface area contributed by atoms with Crippen LogP contribution in [-0.2, 0) is 16.1 Å². The van der Waals surface area contributed by atoms with Gasteiger partial charge >= 0.3 is 5.97 Å². The zero-order valence-electron chi connectivity index (χ0n) is 13.1. The number of rotatable bonds is 7. The molecule has 1 aromatic heterocycles. The molecule has 23 heavy (non-hydrogen) atoms. The Hall–Kier alpha value is -2.38. The van der Waals surface area contributed by atoms with E-state index < -0.39 is 17.5 Å². The molecule has 0 fully saturated rings. The molecule has 0 aliphatic carbocycles. The number of fused-ring (bicyclic) bond motifs is 1. The second-order valence-corrected chi connectivity index (χ2v) is 5.51. The van der Waals surface area contributed by atoms with Crippen molar-refractivity contribution in [1.29, 1.82) is 0 Å². The van der Waals surface area contributed by atoms with Crippen molar-refractivity contribution in [2.45, 2.75) is 19.1 Å². The molecule has 2 aromatic rings. The Kier molecular flexibility index (Phi) is 5.02. The maximum atomic E-state index is 12.4. The second-order valence-electron chi connectivity index (χ2n) is 5.51. The normalized spacial score (nSPS) is 13.7. The van der Waals surface area contributed by atoms with Crippen molar-refractivity contribution in [3.63, 3.8) is 0 Å². The van der Waals surface area contributed by atoms with Gasteiger partial charge in [-0.3, -0.25) is 4.79 Å². The zero-order valence-corrected chi connectivity index (χ0v) is 13.1. The van der Waals surface area contributed by atoms with Crippen molar-refractivity contribution in [3.8, 4) is 0 Å². The molecule has 0 radical (unpaired) electrons. The summed E-state index contributed by atoms with van der Waals surface area (Å²) in [5, 5.41) is 21.8. The fourth-order valence-electron chi connectivity index (χ4n) is 2.23. The smallest absolute Gasteiger partial charge is 0.337 e. The van der Waals surface area contributed by atoms with Crippen molar-refractivity contribution >= 4 is 22.8 Å². The highest BCUT2D eigenvalue weighted by Crippen LogP contribution is 2.21. The van der Waals surface area contributed by atoms with Gasteiger partial charge in [-0.25, -0.2) is 4.79 Å². The number of amides is 1. The summed E-state index contributed by atoms with van der Waals surface area (Å²) in [6.07, 6.45) is 1.70. The lowest BCUT2D eigenvalue weighted by atomic mass is 10.1. The molecule has 3 N–H and O–H groups in total. The molecule has 0 aliphatic rings. The first-order valence-corrected chi connectivity index (χ1v) is 7.17. The number of carboxylic acids is 1.